The Kier molecular flexibility index (Phi) is 6.99. The summed E-state index contributed by atoms with van der Waals surface area (Å²) in [5.74, 6) is 1.98. The van der Waals surface area contributed by atoms with Gasteiger partial charge in [-0.1, -0.05) is 19.9 Å². The largest absolute Gasteiger partial charge is 0.486 e. The lowest BCUT2D eigenvalue weighted by molar-refractivity contribution is -0.116. The molecule has 4 aromatic rings. The Morgan fingerprint density at radius 3 is 2.50 bits per heavy atom. The topological polar surface area (TPSA) is 93.0 Å². The van der Waals surface area contributed by atoms with Gasteiger partial charge in [0.2, 0.25) is 11.9 Å². The lowest BCUT2D eigenvalue weighted by Gasteiger charge is -2.19. The zero-order valence-corrected chi connectivity index (χ0v) is 20.5. The maximum atomic E-state index is 12.3. The van der Waals surface area contributed by atoms with Gasteiger partial charge in [0.1, 0.15) is 13.2 Å². The SMILES string of the molecule is CCN(CC)CCC(=O)Nc1ccc(Nc2nc3cccc(-c4ccc5c(c4)OCCO5)n3n2)cc1. The van der Waals surface area contributed by atoms with Gasteiger partial charge in [-0.3, -0.25) is 4.79 Å². The maximum Gasteiger partial charge on any atom is 0.247 e. The molecule has 0 atom stereocenters. The third-order valence-corrected chi connectivity index (χ3v) is 6.17. The second-order valence-electron chi connectivity index (χ2n) is 8.50. The van der Waals surface area contributed by atoms with Crippen molar-refractivity contribution in [3.8, 4) is 22.8 Å². The van der Waals surface area contributed by atoms with Crippen LogP contribution >= 0.6 is 0 Å². The van der Waals surface area contributed by atoms with Crippen molar-refractivity contribution in [1.82, 2.24) is 19.5 Å². The molecule has 36 heavy (non-hydrogen) atoms. The van der Waals surface area contributed by atoms with Crippen LogP contribution in [0.2, 0.25) is 0 Å². The summed E-state index contributed by atoms with van der Waals surface area (Å²) in [5, 5.41) is 10.9. The molecule has 0 aliphatic carbocycles. The number of hydrogen-bond acceptors (Lipinski definition) is 7. The molecule has 0 radical (unpaired) electrons. The molecule has 0 saturated carbocycles. The van der Waals surface area contributed by atoms with Crippen molar-refractivity contribution in [2.75, 3.05) is 43.5 Å². The van der Waals surface area contributed by atoms with E-state index in [2.05, 4.69) is 39.5 Å². The first-order chi connectivity index (χ1) is 17.6. The minimum Gasteiger partial charge on any atom is -0.486 e. The predicted octanol–water partition coefficient (Wildman–Crippen LogP) is 4.58. The number of benzene rings is 2. The smallest absolute Gasteiger partial charge is 0.247 e. The summed E-state index contributed by atoms with van der Waals surface area (Å²) in [6.45, 7) is 7.95. The van der Waals surface area contributed by atoms with Crippen LogP contribution in [-0.4, -0.2) is 58.3 Å². The van der Waals surface area contributed by atoms with Crippen LogP contribution in [0.5, 0.6) is 11.5 Å². The van der Waals surface area contributed by atoms with E-state index in [9.17, 15) is 4.79 Å². The molecule has 9 nitrogen and oxygen atoms in total. The first-order valence-corrected chi connectivity index (χ1v) is 12.3. The van der Waals surface area contributed by atoms with Gasteiger partial charge < -0.3 is 25.0 Å². The third-order valence-electron chi connectivity index (χ3n) is 6.17. The number of anilines is 3. The summed E-state index contributed by atoms with van der Waals surface area (Å²) < 4.78 is 13.2. The van der Waals surface area contributed by atoms with Crippen molar-refractivity contribution in [3.63, 3.8) is 0 Å². The van der Waals surface area contributed by atoms with E-state index in [-0.39, 0.29) is 5.91 Å². The lowest BCUT2D eigenvalue weighted by Crippen LogP contribution is -2.27. The highest BCUT2D eigenvalue weighted by molar-refractivity contribution is 5.91. The van der Waals surface area contributed by atoms with E-state index in [0.29, 0.717) is 25.6 Å². The predicted molar refractivity (Wildman–Crippen MR) is 140 cm³/mol. The van der Waals surface area contributed by atoms with Crippen molar-refractivity contribution in [1.29, 1.82) is 0 Å². The van der Waals surface area contributed by atoms with Gasteiger partial charge >= 0.3 is 0 Å². The van der Waals surface area contributed by atoms with Crippen molar-refractivity contribution < 1.29 is 14.3 Å². The number of amides is 1. The minimum atomic E-state index is 0.0105. The number of rotatable bonds is 9. The molecule has 2 aromatic carbocycles. The number of nitrogens with one attached hydrogen (secondary N) is 2. The van der Waals surface area contributed by atoms with E-state index in [1.54, 1.807) is 4.52 Å². The van der Waals surface area contributed by atoms with Gasteiger partial charge in [0.25, 0.3) is 0 Å². The minimum absolute atomic E-state index is 0.0105. The molecule has 0 unspecified atom stereocenters. The molecule has 9 heteroatoms. The number of fused-ring (bicyclic) bond motifs is 2. The van der Waals surface area contributed by atoms with E-state index in [1.807, 2.05) is 60.7 Å². The van der Waals surface area contributed by atoms with Gasteiger partial charge in [-0.15, -0.1) is 5.10 Å². The fraction of sp³-hybridized carbons (Fsp3) is 0.296. The molecule has 2 N–H and O–H groups in total. The van der Waals surface area contributed by atoms with Gasteiger partial charge in [0.05, 0.1) is 5.69 Å². The fourth-order valence-corrected chi connectivity index (χ4v) is 4.17. The summed E-state index contributed by atoms with van der Waals surface area (Å²) >= 11 is 0. The molecular weight excluding hydrogens is 456 g/mol. The number of hydrogen-bond donors (Lipinski definition) is 2. The van der Waals surface area contributed by atoms with Crippen molar-refractivity contribution in [3.05, 3.63) is 60.7 Å². The van der Waals surface area contributed by atoms with Crippen molar-refractivity contribution >= 4 is 28.9 Å². The number of ether oxygens (including phenoxy) is 2. The Labute approximate surface area is 210 Å². The van der Waals surface area contributed by atoms with E-state index in [4.69, 9.17) is 9.47 Å². The van der Waals surface area contributed by atoms with Gasteiger partial charge in [0, 0.05) is 29.9 Å². The second kappa shape index (κ2) is 10.7. The van der Waals surface area contributed by atoms with Crippen molar-refractivity contribution in [2.24, 2.45) is 0 Å². The molecule has 2 aromatic heterocycles. The van der Waals surface area contributed by atoms with Crippen LogP contribution in [-0.2, 0) is 4.79 Å². The van der Waals surface area contributed by atoms with E-state index >= 15 is 0 Å². The molecule has 0 saturated heterocycles. The van der Waals surface area contributed by atoms with Crippen LogP contribution in [0.3, 0.4) is 0 Å². The average molecular weight is 487 g/mol. The standard InChI is InChI=1S/C27H30N6O3/c1-3-32(4-2)15-14-26(34)28-20-9-11-21(12-10-20)29-27-30-25-7-5-6-22(33(25)31-27)19-8-13-23-24(18-19)36-17-16-35-23/h5-13,18H,3-4,14-17H2,1-2H3,(H,28,34)(H,29,31). The number of nitrogens with zero attached hydrogens (tertiary/aromatic N) is 4. The second-order valence-corrected chi connectivity index (χ2v) is 8.50. The number of carbonyl (C=O) groups excluding carboxylic acids is 1. The zero-order chi connectivity index (χ0) is 24.9. The molecular formula is C27H30N6O3. The van der Waals surface area contributed by atoms with Crippen LogP contribution in [0.4, 0.5) is 17.3 Å². The summed E-state index contributed by atoms with van der Waals surface area (Å²) in [5.41, 5.74) is 4.17. The van der Waals surface area contributed by atoms with Crippen LogP contribution in [0.15, 0.2) is 60.7 Å². The monoisotopic (exact) mass is 486 g/mol. The Morgan fingerprint density at radius 1 is 0.972 bits per heavy atom. The average Bonchev–Trinajstić information content (AvgIpc) is 3.32. The highest BCUT2D eigenvalue weighted by Crippen LogP contribution is 2.34. The Bertz CT molecular complexity index is 1350. The molecule has 1 amide bonds. The summed E-state index contributed by atoms with van der Waals surface area (Å²) in [6, 6.07) is 19.3. The molecule has 1 aliphatic heterocycles. The number of aromatic nitrogens is 3. The molecule has 0 spiro atoms. The van der Waals surface area contributed by atoms with Crippen LogP contribution in [0, 0.1) is 0 Å². The summed E-state index contributed by atoms with van der Waals surface area (Å²) in [4.78, 5) is 19.1. The van der Waals surface area contributed by atoms with Gasteiger partial charge in [0.15, 0.2) is 17.1 Å². The zero-order valence-electron chi connectivity index (χ0n) is 20.5. The third kappa shape index (κ3) is 5.26. The molecule has 5 rings (SSSR count). The van der Waals surface area contributed by atoms with E-state index in [0.717, 1.165) is 59.4 Å². The molecule has 186 valence electrons. The lowest BCUT2D eigenvalue weighted by atomic mass is 10.1. The quantitative estimate of drug-likeness (QED) is 0.358. The maximum absolute atomic E-state index is 12.3. The highest BCUT2D eigenvalue weighted by atomic mass is 16.6. The van der Waals surface area contributed by atoms with Crippen LogP contribution in [0.25, 0.3) is 16.9 Å². The molecule has 1 aliphatic rings. The Hall–Kier alpha value is -4.11. The first kappa shape index (κ1) is 23.6. The van der Waals surface area contributed by atoms with E-state index in [1.165, 1.54) is 0 Å². The Balaban J connectivity index is 1.27. The number of carbonyl (C=O) groups is 1. The normalized spacial score (nSPS) is 12.6. The molecule has 0 bridgehead atoms. The van der Waals surface area contributed by atoms with Crippen LogP contribution < -0.4 is 20.1 Å². The van der Waals surface area contributed by atoms with Crippen LogP contribution in [0.1, 0.15) is 20.3 Å². The first-order valence-electron chi connectivity index (χ1n) is 12.3. The summed E-state index contributed by atoms with van der Waals surface area (Å²) in [6.07, 6.45) is 0.471. The fourth-order valence-electron chi connectivity index (χ4n) is 4.17. The Morgan fingerprint density at radius 2 is 1.72 bits per heavy atom. The molecule has 3 heterocycles. The summed E-state index contributed by atoms with van der Waals surface area (Å²) in [7, 11) is 0. The van der Waals surface area contributed by atoms with Crippen molar-refractivity contribution in [2.45, 2.75) is 20.3 Å². The van der Waals surface area contributed by atoms with E-state index < -0.39 is 0 Å². The van der Waals surface area contributed by atoms with Gasteiger partial charge in [-0.2, -0.15) is 4.98 Å². The number of pyridine rings is 1. The van der Waals surface area contributed by atoms with Gasteiger partial charge in [-0.25, -0.2) is 4.52 Å². The molecule has 0 fully saturated rings. The van der Waals surface area contributed by atoms with Gasteiger partial charge in [-0.05, 0) is 67.7 Å². The highest BCUT2D eigenvalue weighted by Gasteiger charge is 2.15.